The number of benzene rings is 1. The zero-order chi connectivity index (χ0) is 18.2. The maximum Gasteiger partial charge on any atom is 0.325 e. The van der Waals surface area contributed by atoms with E-state index in [-0.39, 0.29) is 12.4 Å². The molecule has 1 aromatic carbocycles. The molecular formula is C18H24N2O5. The van der Waals surface area contributed by atoms with E-state index < -0.39 is 23.8 Å². The van der Waals surface area contributed by atoms with Crippen LogP contribution in [0.3, 0.4) is 0 Å². The van der Waals surface area contributed by atoms with Crippen LogP contribution in [0.2, 0.25) is 0 Å². The van der Waals surface area contributed by atoms with Crippen molar-refractivity contribution < 1.29 is 23.9 Å². The number of amides is 1. The first kappa shape index (κ1) is 18.9. The third kappa shape index (κ3) is 5.03. The lowest BCUT2D eigenvalue weighted by molar-refractivity contribution is -0.150. The van der Waals surface area contributed by atoms with Crippen LogP contribution in [0.15, 0.2) is 24.3 Å². The van der Waals surface area contributed by atoms with Crippen LogP contribution in [-0.2, 0) is 14.3 Å². The lowest BCUT2D eigenvalue weighted by Gasteiger charge is -2.28. The topological polar surface area (TPSA) is 93.7 Å². The van der Waals surface area contributed by atoms with Gasteiger partial charge in [0.1, 0.15) is 17.6 Å². The molecule has 136 valence electrons. The molecule has 0 spiro atoms. The number of methoxy groups -OCH3 is 1. The van der Waals surface area contributed by atoms with Gasteiger partial charge in [-0.05, 0) is 44.0 Å². The molecule has 0 aromatic heterocycles. The first-order valence-electron chi connectivity index (χ1n) is 8.46. The van der Waals surface area contributed by atoms with Crippen molar-refractivity contribution in [3.8, 4) is 5.75 Å². The number of carbonyl (C=O) groups excluding carboxylic acids is 3. The fourth-order valence-corrected chi connectivity index (χ4v) is 2.88. The van der Waals surface area contributed by atoms with Crippen LogP contribution in [0.1, 0.15) is 43.0 Å². The molecule has 1 aliphatic rings. The summed E-state index contributed by atoms with van der Waals surface area (Å²) in [6.07, 6.45) is 2.77. The van der Waals surface area contributed by atoms with Gasteiger partial charge < -0.3 is 9.47 Å². The molecule has 0 radical (unpaired) electrons. The standard InChI is InChI=1S/C18H24N2O5/c1-3-25-18(23)16(14-6-4-5-7-15(14)21)19-20-17(22)12-8-10-13(24-2)11-9-12/h8-11,14,16,19H,3-7H2,1-2H3,(H,20,22). The molecule has 2 rings (SSSR count). The highest BCUT2D eigenvalue weighted by molar-refractivity contribution is 5.94. The summed E-state index contributed by atoms with van der Waals surface area (Å²) < 4.78 is 10.1. The second-order valence-electron chi connectivity index (χ2n) is 5.88. The Kier molecular flexibility index (Phi) is 6.94. The van der Waals surface area contributed by atoms with Crippen LogP contribution in [0.4, 0.5) is 0 Å². The van der Waals surface area contributed by atoms with Gasteiger partial charge in [-0.2, -0.15) is 0 Å². The van der Waals surface area contributed by atoms with Crippen molar-refractivity contribution in [1.29, 1.82) is 0 Å². The van der Waals surface area contributed by atoms with Crippen molar-refractivity contribution in [3.63, 3.8) is 0 Å². The number of Topliss-reactive ketones (excluding diaryl/α,β-unsaturated/α-hetero) is 1. The molecule has 0 aliphatic heterocycles. The number of ketones is 1. The van der Waals surface area contributed by atoms with Gasteiger partial charge in [-0.1, -0.05) is 6.42 Å². The third-order valence-corrected chi connectivity index (χ3v) is 4.24. The van der Waals surface area contributed by atoms with Crippen molar-refractivity contribution in [2.75, 3.05) is 13.7 Å². The third-order valence-electron chi connectivity index (χ3n) is 4.24. The van der Waals surface area contributed by atoms with Gasteiger partial charge in [0.15, 0.2) is 0 Å². The molecule has 0 saturated heterocycles. The average Bonchev–Trinajstić information content (AvgIpc) is 2.63. The van der Waals surface area contributed by atoms with Crippen LogP contribution in [0.5, 0.6) is 5.75 Å². The van der Waals surface area contributed by atoms with Crippen molar-refractivity contribution in [1.82, 2.24) is 10.9 Å². The minimum atomic E-state index is -0.880. The fraction of sp³-hybridized carbons (Fsp3) is 0.500. The number of esters is 1. The monoisotopic (exact) mass is 348 g/mol. The van der Waals surface area contributed by atoms with E-state index in [2.05, 4.69) is 10.9 Å². The van der Waals surface area contributed by atoms with Gasteiger partial charge in [0.2, 0.25) is 0 Å². The zero-order valence-electron chi connectivity index (χ0n) is 14.5. The van der Waals surface area contributed by atoms with Crippen molar-refractivity contribution in [2.24, 2.45) is 5.92 Å². The Morgan fingerprint density at radius 2 is 1.96 bits per heavy atom. The maximum absolute atomic E-state index is 12.2. The van der Waals surface area contributed by atoms with E-state index in [1.807, 2.05) is 0 Å². The van der Waals surface area contributed by atoms with Crippen LogP contribution in [-0.4, -0.2) is 37.4 Å². The molecule has 2 N–H and O–H groups in total. The van der Waals surface area contributed by atoms with Gasteiger partial charge in [0.05, 0.1) is 13.7 Å². The highest BCUT2D eigenvalue weighted by atomic mass is 16.5. The highest BCUT2D eigenvalue weighted by Crippen LogP contribution is 2.24. The predicted octanol–water partition coefficient (Wildman–Crippen LogP) is 1.62. The molecule has 2 atom stereocenters. The van der Waals surface area contributed by atoms with Crippen LogP contribution in [0.25, 0.3) is 0 Å². The zero-order valence-corrected chi connectivity index (χ0v) is 14.5. The Hall–Kier alpha value is -2.41. The molecule has 0 heterocycles. The van der Waals surface area contributed by atoms with E-state index in [9.17, 15) is 14.4 Å². The minimum Gasteiger partial charge on any atom is -0.497 e. The Morgan fingerprint density at radius 3 is 2.56 bits per heavy atom. The maximum atomic E-state index is 12.2. The Morgan fingerprint density at radius 1 is 1.24 bits per heavy atom. The smallest absolute Gasteiger partial charge is 0.325 e. The Balaban J connectivity index is 2.03. The normalized spacial score (nSPS) is 18.3. The van der Waals surface area contributed by atoms with E-state index in [0.717, 1.165) is 12.8 Å². The molecule has 7 heteroatoms. The summed E-state index contributed by atoms with van der Waals surface area (Å²) >= 11 is 0. The summed E-state index contributed by atoms with van der Waals surface area (Å²) in [5.41, 5.74) is 5.62. The van der Waals surface area contributed by atoms with Gasteiger partial charge in [-0.15, -0.1) is 0 Å². The number of hydrazine groups is 1. The fourth-order valence-electron chi connectivity index (χ4n) is 2.88. The van der Waals surface area contributed by atoms with E-state index in [4.69, 9.17) is 9.47 Å². The van der Waals surface area contributed by atoms with Crippen LogP contribution in [0, 0.1) is 5.92 Å². The lowest BCUT2D eigenvalue weighted by atomic mass is 9.83. The number of hydrogen-bond acceptors (Lipinski definition) is 6. The van der Waals surface area contributed by atoms with E-state index in [1.165, 1.54) is 0 Å². The molecule has 1 amide bonds. The molecule has 7 nitrogen and oxygen atoms in total. The summed E-state index contributed by atoms with van der Waals surface area (Å²) in [4.78, 5) is 36.6. The second-order valence-corrected chi connectivity index (χ2v) is 5.88. The molecule has 1 fully saturated rings. The first-order valence-corrected chi connectivity index (χ1v) is 8.46. The Labute approximate surface area is 147 Å². The summed E-state index contributed by atoms with van der Waals surface area (Å²) in [6, 6.07) is 5.68. The second kappa shape index (κ2) is 9.17. The van der Waals surface area contributed by atoms with Crippen molar-refractivity contribution >= 4 is 17.7 Å². The summed E-state index contributed by atoms with van der Waals surface area (Å²) in [7, 11) is 1.54. The van der Waals surface area contributed by atoms with E-state index in [1.54, 1.807) is 38.3 Å². The molecule has 2 unspecified atom stereocenters. The predicted molar refractivity (Wildman–Crippen MR) is 91.0 cm³/mol. The molecular weight excluding hydrogens is 324 g/mol. The van der Waals surface area contributed by atoms with Gasteiger partial charge in [0.25, 0.3) is 5.91 Å². The molecule has 1 aliphatic carbocycles. The molecule has 1 aromatic rings. The van der Waals surface area contributed by atoms with Gasteiger partial charge in [-0.25, -0.2) is 5.43 Å². The molecule has 0 bridgehead atoms. The lowest BCUT2D eigenvalue weighted by Crippen LogP contribution is -2.54. The van der Waals surface area contributed by atoms with E-state index >= 15 is 0 Å². The highest BCUT2D eigenvalue weighted by Gasteiger charge is 2.36. The molecule has 1 saturated carbocycles. The molecule has 25 heavy (non-hydrogen) atoms. The van der Waals surface area contributed by atoms with Gasteiger partial charge in [-0.3, -0.25) is 19.8 Å². The average molecular weight is 348 g/mol. The van der Waals surface area contributed by atoms with Crippen molar-refractivity contribution in [3.05, 3.63) is 29.8 Å². The summed E-state index contributed by atoms with van der Waals surface area (Å²) in [5.74, 6) is -0.751. The van der Waals surface area contributed by atoms with Crippen LogP contribution < -0.4 is 15.6 Å². The quantitative estimate of drug-likeness (QED) is 0.574. The number of rotatable bonds is 7. The first-order chi connectivity index (χ1) is 12.1. The van der Waals surface area contributed by atoms with Gasteiger partial charge in [0, 0.05) is 17.9 Å². The number of hydrogen-bond donors (Lipinski definition) is 2. The number of ether oxygens (including phenoxy) is 2. The van der Waals surface area contributed by atoms with Gasteiger partial charge >= 0.3 is 5.97 Å². The Bertz CT molecular complexity index is 614. The van der Waals surface area contributed by atoms with Crippen molar-refractivity contribution in [2.45, 2.75) is 38.6 Å². The number of carbonyl (C=O) groups is 3. The number of nitrogens with one attached hydrogen (secondary N) is 2. The largest absolute Gasteiger partial charge is 0.497 e. The van der Waals surface area contributed by atoms with Crippen LogP contribution >= 0.6 is 0 Å². The summed E-state index contributed by atoms with van der Waals surface area (Å²) in [5, 5.41) is 0. The minimum absolute atomic E-state index is 0.0236. The SMILES string of the molecule is CCOC(=O)C(NNC(=O)c1ccc(OC)cc1)C1CCCCC1=O. The van der Waals surface area contributed by atoms with E-state index in [0.29, 0.717) is 24.2 Å². The summed E-state index contributed by atoms with van der Waals surface area (Å²) in [6.45, 7) is 1.91.